The second-order valence-corrected chi connectivity index (χ2v) is 3.98. The van der Waals surface area contributed by atoms with Crippen molar-refractivity contribution in [2.45, 2.75) is 5.60 Å². The van der Waals surface area contributed by atoms with Crippen LogP contribution >= 0.6 is 15.9 Å². The van der Waals surface area contributed by atoms with Gasteiger partial charge in [0.15, 0.2) is 0 Å². The van der Waals surface area contributed by atoms with Crippen LogP contribution in [0.4, 0.5) is 4.39 Å². The number of ether oxygens (including phenoxy) is 1. The Morgan fingerprint density at radius 3 is 2.62 bits per heavy atom. The highest BCUT2D eigenvalue weighted by atomic mass is 79.9. The molecule has 70 valence electrons. The molecule has 2 rings (SSSR count). The first-order chi connectivity index (χ1) is 6.13. The van der Waals surface area contributed by atoms with Gasteiger partial charge >= 0.3 is 0 Å². The van der Waals surface area contributed by atoms with Crippen molar-refractivity contribution in [3.63, 3.8) is 0 Å². The van der Waals surface area contributed by atoms with Gasteiger partial charge in [0.2, 0.25) is 0 Å². The Balaban J connectivity index is 2.49. The maximum Gasteiger partial charge on any atom is 0.140 e. The lowest BCUT2D eigenvalue weighted by molar-refractivity contribution is -0.186. The highest BCUT2D eigenvalue weighted by molar-refractivity contribution is 9.10. The molecule has 0 unspecified atom stereocenters. The van der Waals surface area contributed by atoms with Gasteiger partial charge in [-0.3, -0.25) is 0 Å². The monoisotopic (exact) mass is 246 g/mol. The largest absolute Gasteiger partial charge is 0.380 e. The molecule has 1 aromatic rings. The van der Waals surface area contributed by atoms with Crippen molar-refractivity contribution in [1.82, 2.24) is 0 Å². The van der Waals surface area contributed by atoms with E-state index in [1.54, 1.807) is 12.1 Å². The van der Waals surface area contributed by atoms with Crippen LogP contribution in [0.2, 0.25) is 0 Å². The van der Waals surface area contributed by atoms with Crippen LogP contribution in [0, 0.1) is 5.82 Å². The molecule has 0 spiro atoms. The second kappa shape index (κ2) is 3.04. The van der Waals surface area contributed by atoms with Crippen LogP contribution in [0.25, 0.3) is 0 Å². The molecule has 0 aliphatic carbocycles. The minimum atomic E-state index is -1.15. The van der Waals surface area contributed by atoms with Gasteiger partial charge in [0, 0.05) is 10.0 Å². The summed E-state index contributed by atoms with van der Waals surface area (Å²) in [6.45, 7) is 0.319. The maximum absolute atomic E-state index is 13.3. The lowest BCUT2D eigenvalue weighted by Crippen LogP contribution is -2.47. The van der Waals surface area contributed by atoms with E-state index in [0.717, 1.165) is 0 Å². The molecule has 13 heavy (non-hydrogen) atoms. The molecule has 0 bridgehead atoms. The Bertz CT molecular complexity index is 316. The van der Waals surface area contributed by atoms with E-state index in [9.17, 15) is 9.50 Å². The van der Waals surface area contributed by atoms with Gasteiger partial charge < -0.3 is 9.84 Å². The summed E-state index contributed by atoms with van der Waals surface area (Å²) in [6.07, 6.45) is 0. The van der Waals surface area contributed by atoms with Crippen molar-refractivity contribution in [1.29, 1.82) is 0 Å². The molecular weight excluding hydrogens is 239 g/mol. The van der Waals surface area contributed by atoms with E-state index in [2.05, 4.69) is 15.9 Å². The maximum atomic E-state index is 13.3. The summed E-state index contributed by atoms with van der Waals surface area (Å²) < 4.78 is 18.8. The number of aliphatic hydroxyl groups is 1. The minimum Gasteiger partial charge on any atom is -0.380 e. The minimum absolute atomic E-state index is 0.159. The number of halogens is 2. The van der Waals surface area contributed by atoms with Gasteiger partial charge in [-0.15, -0.1) is 0 Å². The van der Waals surface area contributed by atoms with Gasteiger partial charge in [0.05, 0.1) is 13.2 Å². The normalized spacial score (nSPS) is 19.6. The summed E-state index contributed by atoms with van der Waals surface area (Å²) >= 11 is 3.20. The van der Waals surface area contributed by atoms with Gasteiger partial charge in [-0.1, -0.05) is 22.0 Å². The van der Waals surface area contributed by atoms with Crippen molar-refractivity contribution in [2.24, 2.45) is 0 Å². The van der Waals surface area contributed by atoms with Gasteiger partial charge in [-0.2, -0.15) is 0 Å². The molecule has 1 fully saturated rings. The van der Waals surface area contributed by atoms with Crippen LogP contribution in [0.15, 0.2) is 22.7 Å². The summed E-state index contributed by atoms with van der Waals surface area (Å²) in [5.41, 5.74) is -0.856. The molecule has 0 saturated carbocycles. The lowest BCUT2D eigenvalue weighted by atomic mass is 9.92. The highest BCUT2D eigenvalue weighted by Crippen LogP contribution is 2.35. The van der Waals surface area contributed by atoms with E-state index < -0.39 is 11.4 Å². The van der Waals surface area contributed by atoms with Crippen LogP contribution in [-0.2, 0) is 10.3 Å². The summed E-state index contributed by atoms with van der Waals surface area (Å²) in [5.74, 6) is -0.403. The summed E-state index contributed by atoms with van der Waals surface area (Å²) in [6, 6.07) is 4.62. The molecule has 1 N–H and O–H groups in total. The second-order valence-electron chi connectivity index (χ2n) is 3.12. The van der Waals surface area contributed by atoms with Gasteiger partial charge in [-0.25, -0.2) is 4.39 Å². The fourth-order valence-corrected chi connectivity index (χ4v) is 2.09. The number of benzene rings is 1. The SMILES string of the molecule is OC1(c2c(F)cccc2Br)COC1. The van der Waals surface area contributed by atoms with Crippen molar-refractivity contribution < 1.29 is 14.2 Å². The topological polar surface area (TPSA) is 29.5 Å². The summed E-state index contributed by atoms with van der Waals surface area (Å²) in [4.78, 5) is 0. The predicted octanol–water partition coefficient (Wildman–Crippen LogP) is 1.81. The molecule has 0 radical (unpaired) electrons. The molecule has 1 saturated heterocycles. The highest BCUT2D eigenvalue weighted by Gasteiger charge is 2.41. The van der Waals surface area contributed by atoms with Crippen LogP contribution < -0.4 is 0 Å². The number of hydrogen-bond acceptors (Lipinski definition) is 2. The van der Waals surface area contributed by atoms with Crippen molar-refractivity contribution in [3.05, 3.63) is 34.1 Å². The third kappa shape index (κ3) is 1.39. The predicted molar refractivity (Wildman–Crippen MR) is 48.8 cm³/mol. The average Bonchev–Trinajstić information content (AvgIpc) is 2.01. The standard InChI is InChI=1S/C9H8BrFO2/c10-6-2-1-3-7(11)8(6)9(12)4-13-5-9/h1-3,12H,4-5H2. The first-order valence-corrected chi connectivity index (χ1v) is 4.67. The van der Waals surface area contributed by atoms with E-state index >= 15 is 0 Å². The number of hydrogen-bond donors (Lipinski definition) is 1. The van der Waals surface area contributed by atoms with Crippen molar-refractivity contribution in [2.75, 3.05) is 13.2 Å². The molecule has 4 heteroatoms. The fraction of sp³-hybridized carbons (Fsp3) is 0.333. The Kier molecular flexibility index (Phi) is 2.14. The first kappa shape index (κ1) is 9.12. The Hall–Kier alpha value is -0.450. The molecule has 1 aromatic carbocycles. The van der Waals surface area contributed by atoms with E-state index in [-0.39, 0.29) is 13.2 Å². The Morgan fingerprint density at radius 1 is 1.46 bits per heavy atom. The third-order valence-corrected chi connectivity index (χ3v) is 2.77. The molecule has 1 heterocycles. The summed E-state index contributed by atoms with van der Waals surface area (Å²) in [7, 11) is 0. The van der Waals surface area contributed by atoms with Crippen LogP contribution in [0.3, 0.4) is 0 Å². The van der Waals surface area contributed by atoms with Crippen molar-refractivity contribution >= 4 is 15.9 Å². The van der Waals surface area contributed by atoms with Crippen molar-refractivity contribution in [3.8, 4) is 0 Å². The van der Waals surface area contributed by atoms with Gasteiger partial charge in [0.1, 0.15) is 11.4 Å². The molecular formula is C9H8BrFO2. The zero-order valence-corrected chi connectivity index (χ0v) is 8.34. The zero-order valence-electron chi connectivity index (χ0n) is 6.76. The third-order valence-electron chi connectivity index (χ3n) is 2.11. The molecule has 0 aromatic heterocycles. The van der Waals surface area contributed by atoms with E-state index in [0.29, 0.717) is 10.0 Å². The van der Waals surface area contributed by atoms with E-state index in [1.807, 2.05) is 0 Å². The molecule has 1 aliphatic heterocycles. The number of rotatable bonds is 1. The first-order valence-electron chi connectivity index (χ1n) is 3.88. The van der Waals surface area contributed by atoms with E-state index in [4.69, 9.17) is 4.74 Å². The average molecular weight is 247 g/mol. The molecule has 2 nitrogen and oxygen atoms in total. The molecule has 0 atom stereocenters. The lowest BCUT2D eigenvalue weighted by Gasteiger charge is -2.37. The van der Waals surface area contributed by atoms with Crippen LogP contribution in [-0.4, -0.2) is 18.3 Å². The quantitative estimate of drug-likeness (QED) is 0.819. The van der Waals surface area contributed by atoms with Crippen LogP contribution in [0.1, 0.15) is 5.56 Å². The summed E-state index contributed by atoms with van der Waals surface area (Å²) in [5, 5.41) is 9.85. The zero-order chi connectivity index (χ0) is 9.47. The Morgan fingerprint density at radius 2 is 2.15 bits per heavy atom. The van der Waals surface area contributed by atoms with Gasteiger partial charge in [-0.05, 0) is 12.1 Å². The fourth-order valence-electron chi connectivity index (χ4n) is 1.38. The van der Waals surface area contributed by atoms with E-state index in [1.165, 1.54) is 6.07 Å². The molecule has 0 amide bonds. The smallest absolute Gasteiger partial charge is 0.140 e. The van der Waals surface area contributed by atoms with Gasteiger partial charge in [0.25, 0.3) is 0 Å². The Labute approximate surface area is 83.5 Å². The van der Waals surface area contributed by atoms with Crippen LogP contribution in [0.5, 0.6) is 0 Å². The molecule has 1 aliphatic rings.